The number of nitrogens with zero attached hydrogens (tertiary/aromatic N) is 2. The highest BCUT2D eigenvalue weighted by Crippen LogP contribution is 2.23. The Bertz CT molecular complexity index is 598. The number of esters is 1. The van der Waals surface area contributed by atoms with Crippen LogP contribution in [0.4, 0.5) is 0 Å². The van der Waals surface area contributed by atoms with E-state index in [2.05, 4.69) is 21.0 Å². The van der Waals surface area contributed by atoms with E-state index in [-0.39, 0.29) is 12.4 Å². The highest BCUT2D eigenvalue weighted by molar-refractivity contribution is 9.10. The number of ether oxygens (including phenoxy) is 1. The molecule has 0 unspecified atom stereocenters. The van der Waals surface area contributed by atoms with Gasteiger partial charge in [-0.05, 0) is 40.5 Å². The van der Waals surface area contributed by atoms with Crippen LogP contribution in [0.3, 0.4) is 0 Å². The van der Waals surface area contributed by atoms with Gasteiger partial charge in [0.2, 0.25) is 0 Å². The smallest absolute Gasteiger partial charge is 0.310 e. The zero-order valence-electron chi connectivity index (χ0n) is 10.3. The first kappa shape index (κ1) is 14.1. The van der Waals surface area contributed by atoms with Crippen molar-refractivity contribution >= 4 is 33.5 Å². The summed E-state index contributed by atoms with van der Waals surface area (Å²) in [5.41, 5.74) is 1.74. The van der Waals surface area contributed by atoms with Gasteiger partial charge in [0.25, 0.3) is 0 Å². The lowest BCUT2D eigenvalue weighted by Crippen LogP contribution is -2.07. The van der Waals surface area contributed by atoms with E-state index in [1.165, 1.54) is 0 Å². The second-order valence-corrected chi connectivity index (χ2v) is 5.16. The normalized spacial score (nSPS) is 10.5. The van der Waals surface area contributed by atoms with Crippen LogP contribution in [0.5, 0.6) is 0 Å². The summed E-state index contributed by atoms with van der Waals surface area (Å²) in [4.78, 5) is 11.4. The average Bonchev–Trinajstić information content (AvgIpc) is 2.76. The van der Waals surface area contributed by atoms with Crippen molar-refractivity contribution in [3.05, 3.63) is 45.7 Å². The van der Waals surface area contributed by atoms with Gasteiger partial charge in [0, 0.05) is 10.7 Å². The van der Waals surface area contributed by atoms with Crippen LogP contribution in [0.2, 0.25) is 5.02 Å². The Morgan fingerprint density at radius 3 is 2.89 bits per heavy atom. The van der Waals surface area contributed by atoms with E-state index in [0.717, 1.165) is 15.7 Å². The molecule has 0 spiro atoms. The number of hydrogen-bond acceptors (Lipinski definition) is 3. The van der Waals surface area contributed by atoms with Gasteiger partial charge >= 0.3 is 5.97 Å². The predicted octanol–water partition coefficient (Wildman–Crippen LogP) is 3.39. The van der Waals surface area contributed by atoms with Crippen molar-refractivity contribution in [3.63, 3.8) is 0 Å². The molecule has 0 aliphatic rings. The topological polar surface area (TPSA) is 44.1 Å². The predicted molar refractivity (Wildman–Crippen MR) is 76.6 cm³/mol. The van der Waals surface area contributed by atoms with Gasteiger partial charge in [-0.2, -0.15) is 5.10 Å². The number of carbonyl (C=O) groups is 1. The van der Waals surface area contributed by atoms with Crippen molar-refractivity contribution in [1.29, 1.82) is 0 Å². The summed E-state index contributed by atoms with van der Waals surface area (Å²) in [6, 6.07) is 5.62. The molecule has 0 aliphatic carbocycles. The second-order valence-electron chi connectivity index (χ2n) is 3.87. The Labute approximate surface area is 124 Å². The maximum absolute atomic E-state index is 11.4. The zero-order chi connectivity index (χ0) is 13.8. The molecule has 0 aliphatic heterocycles. The Morgan fingerprint density at radius 2 is 2.32 bits per heavy atom. The minimum Gasteiger partial charge on any atom is -0.466 e. The number of aromatic nitrogens is 2. The number of benzene rings is 1. The van der Waals surface area contributed by atoms with Crippen molar-refractivity contribution in [2.45, 2.75) is 13.3 Å². The van der Waals surface area contributed by atoms with Gasteiger partial charge in [-0.25, -0.2) is 4.68 Å². The number of hydrogen-bond donors (Lipinski definition) is 0. The van der Waals surface area contributed by atoms with Crippen molar-refractivity contribution in [2.24, 2.45) is 0 Å². The Hall–Kier alpha value is -1.33. The molecule has 0 saturated carbocycles. The van der Waals surface area contributed by atoms with Crippen molar-refractivity contribution in [2.75, 3.05) is 6.61 Å². The number of rotatable bonds is 4. The van der Waals surface area contributed by atoms with E-state index in [1.807, 2.05) is 18.2 Å². The largest absolute Gasteiger partial charge is 0.466 e. The number of halogens is 2. The van der Waals surface area contributed by atoms with Crippen LogP contribution in [0.1, 0.15) is 12.5 Å². The van der Waals surface area contributed by atoms with Gasteiger partial charge in [0.05, 0.1) is 29.9 Å². The van der Waals surface area contributed by atoms with Gasteiger partial charge in [-0.1, -0.05) is 17.7 Å². The fourth-order valence-corrected chi connectivity index (χ4v) is 2.40. The molecule has 100 valence electrons. The average molecular weight is 344 g/mol. The lowest BCUT2D eigenvalue weighted by Gasteiger charge is -2.07. The molecule has 0 radical (unpaired) electrons. The quantitative estimate of drug-likeness (QED) is 0.799. The third-order valence-corrected chi connectivity index (χ3v) is 3.29. The minimum absolute atomic E-state index is 0.232. The third-order valence-electron chi connectivity index (χ3n) is 2.46. The van der Waals surface area contributed by atoms with Gasteiger partial charge in [-0.15, -0.1) is 0 Å². The van der Waals surface area contributed by atoms with E-state index in [9.17, 15) is 4.79 Å². The molecule has 6 heteroatoms. The molecule has 2 rings (SSSR count). The van der Waals surface area contributed by atoms with Crippen LogP contribution < -0.4 is 0 Å². The van der Waals surface area contributed by atoms with Crippen LogP contribution in [-0.4, -0.2) is 22.4 Å². The number of carbonyl (C=O) groups excluding carboxylic acids is 1. The van der Waals surface area contributed by atoms with Crippen molar-refractivity contribution in [1.82, 2.24) is 9.78 Å². The first-order valence-electron chi connectivity index (χ1n) is 5.74. The summed E-state index contributed by atoms with van der Waals surface area (Å²) in [5.74, 6) is -0.232. The van der Waals surface area contributed by atoms with Crippen molar-refractivity contribution in [3.8, 4) is 5.69 Å². The molecule has 1 heterocycles. The van der Waals surface area contributed by atoms with Gasteiger partial charge < -0.3 is 4.74 Å². The lowest BCUT2D eigenvalue weighted by molar-refractivity contribution is -0.142. The summed E-state index contributed by atoms with van der Waals surface area (Å²) in [7, 11) is 0. The summed E-state index contributed by atoms with van der Waals surface area (Å²) >= 11 is 9.30. The molecular formula is C13H12BrClN2O2. The standard InChI is InChI=1S/C13H12BrClN2O2/c1-2-19-13(18)6-9-3-4-12(11(14)5-9)17-8-10(15)7-16-17/h3-5,7-8H,2,6H2,1H3. The third kappa shape index (κ3) is 3.58. The second kappa shape index (κ2) is 6.21. The monoisotopic (exact) mass is 342 g/mol. The van der Waals surface area contributed by atoms with Crippen LogP contribution in [-0.2, 0) is 16.0 Å². The minimum atomic E-state index is -0.232. The summed E-state index contributed by atoms with van der Waals surface area (Å²) < 4.78 is 7.42. The van der Waals surface area contributed by atoms with Gasteiger partial charge in [0.1, 0.15) is 0 Å². The molecule has 2 aromatic rings. The molecule has 1 aromatic carbocycles. The van der Waals surface area contributed by atoms with E-state index in [0.29, 0.717) is 11.6 Å². The molecule has 0 fully saturated rings. The summed E-state index contributed by atoms with van der Waals surface area (Å²) in [5, 5.41) is 4.70. The molecule has 0 N–H and O–H groups in total. The molecule has 19 heavy (non-hydrogen) atoms. The highest BCUT2D eigenvalue weighted by Gasteiger charge is 2.08. The van der Waals surface area contributed by atoms with Gasteiger partial charge in [-0.3, -0.25) is 4.79 Å². The van der Waals surface area contributed by atoms with Crippen LogP contribution in [0.25, 0.3) is 5.69 Å². The Kier molecular flexibility index (Phi) is 4.61. The molecule has 4 nitrogen and oxygen atoms in total. The van der Waals surface area contributed by atoms with E-state index >= 15 is 0 Å². The Balaban J connectivity index is 2.20. The molecule has 0 amide bonds. The van der Waals surface area contributed by atoms with Crippen LogP contribution in [0, 0.1) is 0 Å². The maximum atomic E-state index is 11.4. The van der Waals surface area contributed by atoms with Crippen molar-refractivity contribution < 1.29 is 9.53 Å². The fraction of sp³-hybridized carbons (Fsp3) is 0.231. The van der Waals surface area contributed by atoms with E-state index < -0.39 is 0 Å². The molecule has 0 atom stereocenters. The zero-order valence-corrected chi connectivity index (χ0v) is 12.6. The SMILES string of the molecule is CCOC(=O)Cc1ccc(-n2cc(Cl)cn2)c(Br)c1. The molecular weight excluding hydrogens is 332 g/mol. The van der Waals surface area contributed by atoms with Crippen LogP contribution >= 0.6 is 27.5 Å². The van der Waals surface area contributed by atoms with Crippen LogP contribution in [0.15, 0.2) is 35.1 Å². The summed E-state index contributed by atoms with van der Waals surface area (Å²) in [6.45, 7) is 2.18. The molecule has 1 aromatic heterocycles. The highest BCUT2D eigenvalue weighted by atomic mass is 79.9. The first-order chi connectivity index (χ1) is 9.10. The fourth-order valence-electron chi connectivity index (χ4n) is 1.66. The summed E-state index contributed by atoms with van der Waals surface area (Å²) in [6.07, 6.45) is 3.54. The molecule has 0 bridgehead atoms. The lowest BCUT2D eigenvalue weighted by atomic mass is 10.1. The van der Waals surface area contributed by atoms with E-state index in [1.54, 1.807) is 24.0 Å². The Morgan fingerprint density at radius 1 is 1.53 bits per heavy atom. The molecule has 0 saturated heterocycles. The maximum Gasteiger partial charge on any atom is 0.310 e. The van der Waals surface area contributed by atoms with E-state index in [4.69, 9.17) is 16.3 Å². The van der Waals surface area contributed by atoms with Gasteiger partial charge in [0.15, 0.2) is 0 Å². The first-order valence-corrected chi connectivity index (χ1v) is 6.92.